The van der Waals surface area contributed by atoms with Crippen molar-refractivity contribution >= 4 is 39.9 Å². The molecule has 3 aromatic rings. The minimum absolute atomic E-state index is 0.121. The molecule has 1 amide bonds. The van der Waals surface area contributed by atoms with Crippen LogP contribution >= 0.6 is 11.8 Å². The molecule has 1 saturated heterocycles. The third kappa shape index (κ3) is 4.00. The minimum Gasteiger partial charge on any atom is -0.497 e. The fourth-order valence-corrected chi connectivity index (χ4v) is 4.34. The van der Waals surface area contributed by atoms with Crippen molar-refractivity contribution in [2.45, 2.75) is 0 Å². The van der Waals surface area contributed by atoms with E-state index in [0.717, 1.165) is 11.5 Å². The average Bonchev–Trinajstić information content (AvgIpc) is 2.79. The number of ether oxygens (including phenoxy) is 2. The summed E-state index contributed by atoms with van der Waals surface area (Å²) in [6.07, 6.45) is 1.56. The fraction of sp³-hybridized carbons (Fsp3) is 0.273. The molecule has 30 heavy (non-hydrogen) atoms. The Morgan fingerprint density at radius 3 is 2.67 bits per heavy atom. The maximum absolute atomic E-state index is 14.1. The topological polar surface area (TPSA) is 63.7 Å². The van der Waals surface area contributed by atoms with E-state index in [0.29, 0.717) is 52.4 Å². The molecule has 1 fully saturated rings. The van der Waals surface area contributed by atoms with E-state index < -0.39 is 5.82 Å². The average molecular weight is 428 g/mol. The van der Waals surface area contributed by atoms with E-state index in [-0.39, 0.29) is 5.91 Å². The van der Waals surface area contributed by atoms with Crippen molar-refractivity contribution in [3.8, 4) is 11.5 Å². The fourth-order valence-electron chi connectivity index (χ4n) is 3.43. The lowest BCUT2D eigenvalue weighted by atomic mass is 10.1. The summed E-state index contributed by atoms with van der Waals surface area (Å²) in [7, 11) is 3.14. The van der Waals surface area contributed by atoms with E-state index in [1.165, 1.54) is 12.1 Å². The first kappa shape index (κ1) is 20.3. The largest absolute Gasteiger partial charge is 0.497 e. The molecule has 0 radical (unpaired) electrons. The number of hydrogen-bond acceptors (Lipinski definition) is 6. The summed E-state index contributed by atoms with van der Waals surface area (Å²) in [5.74, 6) is 2.47. The Morgan fingerprint density at radius 1 is 1.13 bits per heavy atom. The second-order valence-electron chi connectivity index (χ2n) is 6.80. The van der Waals surface area contributed by atoms with Crippen molar-refractivity contribution in [1.29, 1.82) is 0 Å². The van der Waals surface area contributed by atoms with E-state index in [4.69, 9.17) is 9.47 Å². The van der Waals surface area contributed by atoms with Crippen molar-refractivity contribution < 1.29 is 18.7 Å². The molecule has 0 atom stereocenters. The van der Waals surface area contributed by atoms with Crippen LogP contribution in [0.3, 0.4) is 0 Å². The van der Waals surface area contributed by atoms with Crippen molar-refractivity contribution in [2.75, 3.05) is 44.1 Å². The van der Waals surface area contributed by atoms with Crippen LogP contribution in [0.1, 0.15) is 10.4 Å². The molecule has 1 aliphatic rings. The summed E-state index contributed by atoms with van der Waals surface area (Å²) in [5, 5.41) is 3.83. The molecule has 0 unspecified atom stereocenters. The number of fused-ring (bicyclic) bond motifs is 1. The van der Waals surface area contributed by atoms with Gasteiger partial charge in [0, 0.05) is 42.2 Å². The SMILES string of the molecule is COc1ccc(Nc2c(C(=O)N3CCSCC3)cnc3ccc(F)cc23)c(OC)c1. The molecule has 0 spiro atoms. The first-order valence-corrected chi connectivity index (χ1v) is 10.7. The van der Waals surface area contributed by atoms with Gasteiger partial charge in [0.1, 0.15) is 17.3 Å². The second kappa shape index (κ2) is 8.79. The molecule has 0 aliphatic carbocycles. The van der Waals surface area contributed by atoms with Gasteiger partial charge in [-0.15, -0.1) is 0 Å². The normalized spacial score (nSPS) is 13.9. The van der Waals surface area contributed by atoms with Gasteiger partial charge in [-0.2, -0.15) is 11.8 Å². The number of thioether (sulfide) groups is 1. The van der Waals surface area contributed by atoms with Gasteiger partial charge in [-0.05, 0) is 30.3 Å². The van der Waals surface area contributed by atoms with Crippen LogP contribution in [-0.2, 0) is 0 Å². The number of nitrogens with zero attached hydrogens (tertiary/aromatic N) is 2. The zero-order valence-corrected chi connectivity index (χ0v) is 17.6. The van der Waals surface area contributed by atoms with Gasteiger partial charge in [0.15, 0.2) is 0 Å². The number of carbonyl (C=O) groups is 1. The highest BCUT2D eigenvalue weighted by Crippen LogP contribution is 2.36. The number of hydrogen-bond donors (Lipinski definition) is 1. The van der Waals surface area contributed by atoms with Crippen LogP contribution in [0, 0.1) is 5.82 Å². The van der Waals surface area contributed by atoms with Crippen LogP contribution in [0.2, 0.25) is 0 Å². The quantitative estimate of drug-likeness (QED) is 0.654. The maximum atomic E-state index is 14.1. The summed E-state index contributed by atoms with van der Waals surface area (Å²) < 4.78 is 24.8. The van der Waals surface area contributed by atoms with E-state index >= 15 is 0 Å². The third-order valence-corrected chi connectivity index (χ3v) is 5.97. The Morgan fingerprint density at radius 2 is 1.93 bits per heavy atom. The van der Waals surface area contributed by atoms with Crippen molar-refractivity contribution in [2.24, 2.45) is 0 Å². The minimum atomic E-state index is -0.395. The molecular weight excluding hydrogens is 405 g/mol. The number of aromatic nitrogens is 1. The summed E-state index contributed by atoms with van der Waals surface area (Å²) >= 11 is 1.83. The highest BCUT2D eigenvalue weighted by molar-refractivity contribution is 7.99. The van der Waals surface area contributed by atoms with Crippen LogP contribution in [0.15, 0.2) is 42.6 Å². The Bertz CT molecular complexity index is 1090. The van der Waals surface area contributed by atoms with Gasteiger partial charge in [0.2, 0.25) is 0 Å². The smallest absolute Gasteiger partial charge is 0.257 e. The third-order valence-electron chi connectivity index (χ3n) is 5.03. The van der Waals surface area contributed by atoms with E-state index in [1.807, 2.05) is 16.7 Å². The number of benzene rings is 2. The van der Waals surface area contributed by atoms with Crippen molar-refractivity contribution in [1.82, 2.24) is 9.88 Å². The zero-order chi connectivity index (χ0) is 21.1. The standard InChI is InChI=1S/C22H22FN3O3S/c1-28-15-4-6-19(20(12-15)29-2)25-21-16-11-14(23)3-5-18(16)24-13-17(21)22(27)26-7-9-30-10-8-26/h3-6,11-13H,7-10H2,1-2H3,(H,24,25). The number of anilines is 2. The zero-order valence-electron chi connectivity index (χ0n) is 16.8. The number of methoxy groups -OCH3 is 2. The Hall–Kier alpha value is -3.00. The molecule has 6 nitrogen and oxygen atoms in total. The highest BCUT2D eigenvalue weighted by Gasteiger charge is 2.24. The Balaban J connectivity index is 1.83. The molecule has 0 bridgehead atoms. The lowest BCUT2D eigenvalue weighted by Crippen LogP contribution is -2.38. The summed E-state index contributed by atoms with van der Waals surface area (Å²) in [5.41, 5.74) is 2.14. The van der Waals surface area contributed by atoms with Crippen LogP contribution < -0.4 is 14.8 Å². The molecule has 0 saturated carbocycles. The summed E-state index contributed by atoms with van der Waals surface area (Å²) in [4.78, 5) is 19.5. The molecule has 1 aliphatic heterocycles. The van der Waals surface area contributed by atoms with Crippen LogP contribution in [0.4, 0.5) is 15.8 Å². The lowest BCUT2D eigenvalue weighted by Gasteiger charge is -2.27. The number of amides is 1. The van der Waals surface area contributed by atoms with Gasteiger partial charge >= 0.3 is 0 Å². The molecular formula is C22H22FN3O3S. The van der Waals surface area contributed by atoms with E-state index in [2.05, 4.69) is 10.3 Å². The first-order chi connectivity index (χ1) is 14.6. The Labute approximate surface area is 178 Å². The predicted octanol–water partition coefficient (Wildman–Crippen LogP) is 4.32. The van der Waals surface area contributed by atoms with E-state index in [1.54, 1.807) is 44.7 Å². The molecule has 8 heteroatoms. The molecule has 2 heterocycles. The predicted molar refractivity (Wildman–Crippen MR) is 118 cm³/mol. The molecule has 156 valence electrons. The van der Waals surface area contributed by atoms with Crippen LogP contribution in [0.5, 0.6) is 11.5 Å². The lowest BCUT2D eigenvalue weighted by molar-refractivity contribution is 0.0773. The Kier molecular flexibility index (Phi) is 5.94. The first-order valence-electron chi connectivity index (χ1n) is 9.55. The summed E-state index contributed by atoms with van der Waals surface area (Å²) in [6, 6.07) is 9.69. The molecule has 2 aromatic carbocycles. The van der Waals surface area contributed by atoms with Gasteiger partial charge in [-0.1, -0.05) is 0 Å². The highest BCUT2D eigenvalue weighted by atomic mass is 32.2. The molecule has 4 rings (SSSR count). The van der Waals surface area contributed by atoms with Gasteiger partial charge in [0.05, 0.1) is 36.7 Å². The van der Waals surface area contributed by atoms with Crippen molar-refractivity contribution in [3.05, 3.63) is 54.0 Å². The van der Waals surface area contributed by atoms with Gasteiger partial charge in [0.25, 0.3) is 5.91 Å². The van der Waals surface area contributed by atoms with Crippen LogP contribution in [-0.4, -0.2) is 54.6 Å². The van der Waals surface area contributed by atoms with Crippen molar-refractivity contribution in [3.63, 3.8) is 0 Å². The number of carbonyl (C=O) groups excluding carboxylic acids is 1. The summed E-state index contributed by atoms with van der Waals surface area (Å²) in [6.45, 7) is 1.35. The van der Waals surface area contributed by atoms with Crippen LogP contribution in [0.25, 0.3) is 10.9 Å². The molecule has 1 aromatic heterocycles. The van der Waals surface area contributed by atoms with Gasteiger partial charge < -0.3 is 19.7 Å². The van der Waals surface area contributed by atoms with Gasteiger partial charge in [-0.3, -0.25) is 9.78 Å². The van der Waals surface area contributed by atoms with Gasteiger partial charge in [-0.25, -0.2) is 4.39 Å². The maximum Gasteiger partial charge on any atom is 0.257 e. The number of halogens is 1. The molecule has 1 N–H and O–H groups in total. The number of pyridine rings is 1. The number of nitrogens with one attached hydrogen (secondary N) is 1. The van der Waals surface area contributed by atoms with E-state index in [9.17, 15) is 9.18 Å². The second-order valence-corrected chi connectivity index (χ2v) is 8.03. The number of rotatable bonds is 5. The monoisotopic (exact) mass is 427 g/mol.